The molecule has 1 amide bonds. The number of hydrogen-bond donors (Lipinski definition) is 1. The van der Waals surface area contributed by atoms with Crippen molar-refractivity contribution in [3.63, 3.8) is 0 Å². The number of hydrogen-bond acceptors (Lipinski definition) is 4. The third-order valence-electron chi connectivity index (χ3n) is 4.27. The lowest BCUT2D eigenvalue weighted by Crippen LogP contribution is -2.45. The van der Waals surface area contributed by atoms with Gasteiger partial charge in [0.05, 0.1) is 18.6 Å². The second kappa shape index (κ2) is 8.43. The molecule has 0 aliphatic carbocycles. The first-order valence-corrected chi connectivity index (χ1v) is 10.6. The Morgan fingerprint density at radius 2 is 1.74 bits per heavy atom. The average Bonchev–Trinajstić information content (AvgIpc) is 2.59. The lowest BCUT2D eigenvalue weighted by Gasteiger charge is -2.28. The van der Waals surface area contributed by atoms with Gasteiger partial charge in [0.1, 0.15) is 11.8 Å². The standard InChI is InChI=1S/C20H26N2O4S/c1-6-26-19-11-9-18(10-12-19)22(27(5,24)25)16(4)20(23)21-17-8-7-14(2)15(3)13-17/h7-13,16H,6H2,1-5H3,(H,21,23)/t16-/m1/s1. The lowest BCUT2D eigenvalue weighted by molar-refractivity contribution is -0.116. The molecule has 0 aliphatic heterocycles. The average molecular weight is 391 g/mol. The minimum atomic E-state index is -3.66. The highest BCUT2D eigenvalue weighted by molar-refractivity contribution is 7.92. The molecule has 0 bridgehead atoms. The van der Waals surface area contributed by atoms with Gasteiger partial charge in [-0.1, -0.05) is 6.07 Å². The molecule has 1 N–H and O–H groups in total. The summed E-state index contributed by atoms with van der Waals surface area (Å²) in [6.07, 6.45) is 1.09. The van der Waals surface area contributed by atoms with Gasteiger partial charge in [0.25, 0.3) is 0 Å². The van der Waals surface area contributed by atoms with E-state index in [1.165, 1.54) is 0 Å². The minimum Gasteiger partial charge on any atom is -0.494 e. The fourth-order valence-corrected chi connectivity index (χ4v) is 3.91. The van der Waals surface area contributed by atoms with Crippen LogP contribution in [0, 0.1) is 13.8 Å². The predicted octanol–water partition coefficient (Wildman–Crippen LogP) is 3.50. The van der Waals surface area contributed by atoms with E-state index in [4.69, 9.17) is 4.74 Å². The summed E-state index contributed by atoms with van der Waals surface area (Å²) < 4.78 is 31.2. The predicted molar refractivity (Wildman–Crippen MR) is 109 cm³/mol. The zero-order valence-corrected chi connectivity index (χ0v) is 17.1. The number of carbonyl (C=O) groups is 1. The summed E-state index contributed by atoms with van der Waals surface area (Å²) in [5.74, 6) is 0.236. The molecule has 2 rings (SSSR count). The summed E-state index contributed by atoms with van der Waals surface area (Å²) in [7, 11) is -3.66. The maximum Gasteiger partial charge on any atom is 0.247 e. The molecule has 6 nitrogen and oxygen atoms in total. The Kier molecular flexibility index (Phi) is 6.49. The van der Waals surface area contributed by atoms with Crippen molar-refractivity contribution >= 4 is 27.3 Å². The highest BCUT2D eigenvalue weighted by atomic mass is 32.2. The third kappa shape index (κ3) is 5.23. The van der Waals surface area contributed by atoms with Gasteiger partial charge in [-0.2, -0.15) is 0 Å². The van der Waals surface area contributed by atoms with Gasteiger partial charge >= 0.3 is 0 Å². The lowest BCUT2D eigenvalue weighted by atomic mass is 10.1. The van der Waals surface area contributed by atoms with Gasteiger partial charge in [-0.15, -0.1) is 0 Å². The summed E-state index contributed by atoms with van der Waals surface area (Å²) in [5, 5.41) is 2.79. The maximum atomic E-state index is 12.7. The van der Waals surface area contributed by atoms with Crippen LogP contribution in [0.5, 0.6) is 5.75 Å². The smallest absolute Gasteiger partial charge is 0.247 e. The summed E-state index contributed by atoms with van der Waals surface area (Å²) in [5.41, 5.74) is 3.21. The fraction of sp³-hybridized carbons (Fsp3) is 0.350. The molecule has 0 unspecified atom stereocenters. The van der Waals surface area contributed by atoms with Crippen molar-refractivity contribution in [1.29, 1.82) is 0 Å². The maximum absolute atomic E-state index is 12.7. The van der Waals surface area contributed by atoms with E-state index in [0.717, 1.165) is 21.7 Å². The van der Waals surface area contributed by atoms with Gasteiger partial charge in [0.2, 0.25) is 15.9 Å². The van der Waals surface area contributed by atoms with Crippen molar-refractivity contribution in [2.24, 2.45) is 0 Å². The first kappa shape index (κ1) is 20.8. The van der Waals surface area contributed by atoms with Gasteiger partial charge in [-0.25, -0.2) is 8.42 Å². The number of benzene rings is 2. The van der Waals surface area contributed by atoms with Crippen molar-refractivity contribution in [3.05, 3.63) is 53.6 Å². The summed E-state index contributed by atoms with van der Waals surface area (Å²) in [6, 6.07) is 11.3. The Bertz CT molecular complexity index is 908. The molecule has 0 heterocycles. The number of rotatable bonds is 7. The second-order valence-corrected chi connectivity index (χ2v) is 8.31. The molecule has 0 aromatic heterocycles. The molecule has 0 spiro atoms. The highest BCUT2D eigenvalue weighted by Gasteiger charge is 2.29. The molecule has 0 fully saturated rings. The fourth-order valence-electron chi connectivity index (χ4n) is 2.73. The third-order valence-corrected chi connectivity index (χ3v) is 5.51. The van der Waals surface area contributed by atoms with E-state index in [2.05, 4.69) is 5.32 Å². The Balaban J connectivity index is 2.27. The topological polar surface area (TPSA) is 75.7 Å². The Morgan fingerprint density at radius 3 is 2.26 bits per heavy atom. The molecule has 2 aromatic rings. The number of anilines is 2. The molecule has 1 atom stereocenters. The molecule has 2 aromatic carbocycles. The number of nitrogens with one attached hydrogen (secondary N) is 1. The number of carbonyl (C=O) groups excluding carboxylic acids is 1. The molecule has 0 radical (unpaired) electrons. The Labute approximate surface area is 161 Å². The van der Waals surface area contributed by atoms with E-state index in [9.17, 15) is 13.2 Å². The molecule has 27 heavy (non-hydrogen) atoms. The van der Waals surface area contributed by atoms with Crippen molar-refractivity contribution < 1.29 is 17.9 Å². The normalized spacial score (nSPS) is 12.3. The van der Waals surface area contributed by atoms with Crippen molar-refractivity contribution in [3.8, 4) is 5.75 Å². The first-order chi connectivity index (χ1) is 12.6. The van der Waals surface area contributed by atoms with Gasteiger partial charge in [-0.05, 0) is 75.2 Å². The van der Waals surface area contributed by atoms with Crippen LogP contribution in [0.15, 0.2) is 42.5 Å². The molecular formula is C20H26N2O4S. The van der Waals surface area contributed by atoms with E-state index in [1.54, 1.807) is 37.3 Å². The van der Waals surface area contributed by atoms with Crippen LogP contribution in [-0.2, 0) is 14.8 Å². The van der Waals surface area contributed by atoms with Crippen LogP contribution in [0.25, 0.3) is 0 Å². The number of amides is 1. The van der Waals surface area contributed by atoms with Crippen LogP contribution in [-0.4, -0.2) is 33.2 Å². The van der Waals surface area contributed by atoms with Crippen molar-refractivity contribution in [2.75, 3.05) is 22.5 Å². The van der Waals surface area contributed by atoms with Crippen LogP contribution < -0.4 is 14.4 Å². The summed E-state index contributed by atoms with van der Waals surface area (Å²) >= 11 is 0. The molecule has 0 aliphatic rings. The summed E-state index contributed by atoms with van der Waals surface area (Å²) in [4.78, 5) is 12.7. The zero-order valence-electron chi connectivity index (χ0n) is 16.3. The van der Waals surface area contributed by atoms with Crippen LogP contribution in [0.1, 0.15) is 25.0 Å². The summed E-state index contributed by atoms with van der Waals surface area (Å²) in [6.45, 7) is 7.89. The van der Waals surface area contributed by atoms with Crippen molar-refractivity contribution in [1.82, 2.24) is 0 Å². The van der Waals surface area contributed by atoms with E-state index in [0.29, 0.717) is 23.7 Å². The number of aryl methyl sites for hydroxylation is 2. The first-order valence-electron chi connectivity index (χ1n) is 8.74. The van der Waals surface area contributed by atoms with Gasteiger partial charge in [-0.3, -0.25) is 9.10 Å². The number of ether oxygens (including phenoxy) is 1. The van der Waals surface area contributed by atoms with Gasteiger partial charge in [0.15, 0.2) is 0 Å². The molecule has 146 valence electrons. The Morgan fingerprint density at radius 1 is 1.11 bits per heavy atom. The van der Waals surface area contributed by atoms with E-state index >= 15 is 0 Å². The molecule has 0 saturated heterocycles. The quantitative estimate of drug-likeness (QED) is 0.785. The van der Waals surface area contributed by atoms with Crippen LogP contribution in [0.3, 0.4) is 0 Å². The molecular weight excluding hydrogens is 364 g/mol. The number of nitrogens with zero attached hydrogens (tertiary/aromatic N) is 1. The number of sulfonamides is 1. The second-order valence-electron chi connectivity index (χ2n) is 6.45. The van der Waals surface area contributed by atoms with Gasteiger partial charge < -0.3 is 10.1 Å². The van der Waals surface area contributed by atoms with Crippen LogP contribution >= 0.6 is 0 Å². The van der Waals surface area contributed by atoms with Gasteiger partial charge in [0, 0.05) is 5.69 Å². The van der Waals surface area contributed by atoms with Crippen LogP contribution in [0.2, 0.25) is 0 Å². The van der Waals surface area contributed by atoms with E-state index in [1.807, 2.05) is 32.9 Å². The monoisotopic (exact) mass is 390 g/mol. The Hall–Kier alpha value is -2.54. The van der Waals surface area contributed by atoms with E-state index in [-0.39, 0.29) is 0 Å². The van der Waals surface area contributed by atoms with E-state index < -0.39 is 22.0 Å². The molecule has 0 saturated carbocycles. The zero-order chi connectivity index (χ0) is 20.2. The molecule has 7 heteroatoms. The minimum absolute atomic E-state index is 0.405. The largest absolute Gasteiger partial charge is 0.494 e. The van der Waals surface area contributed by atoms with Crippen molar-refractivity contribution in [2.45, 2.75) is 33.7 Å². The highest BCUT2D eigenvalue weighted by Crippen LogP contribution is 2.25. The van der Waals surface area contributed by atoms with Crippen LogP contribution in [0.4, 0.5) is 11.4 Å². The SMILES string of the molecule is CCOc1ccc(N([C@H](C)C(=O)Nc2ccc(C)c(C)c2)S(C)(=O)=O)cc1.